The van der Waals surface area contributed by atoms with Crippen molar-refractivity contribution in [1.29, 1.82) is 5.26 Å². The van der Waals surface area contributed by atoms with Crippen LogP contribution in [-0.2, 0) is 30.2 Å². The third-order valence-corrected chi connectivity index (χ3v) is 9.96. The number of benzene rings is 1. The van der Waals surface area contributed by atoms with Crippen LogP contribution >= 0.6 is 0 Å². The second-order valence-corrected chi connectivity index (χ2v) is 10.2. The summed E-state index contributed by atoms with van der Waals surface area (Å²) in [7, 11) is 0.635. The molecule has 0 saturated carbocycles. The second-order valence-electron chi connectivity index (χ2n) is 7.24. The van der Waals surface area contributed by atoms with Crippen LogP contribution < -0.4 is 0 Å². The lowest BCUT2D eigenvalue weighted by Crippen LogP contribution is -2.60. The van der Waals surface area contributed by atoms with Crippen LogP contribution in [0.1, 0.15) is 31.9 Å². The molecule has 3 fully saturated rings. The molecule has 1 aromatic rings. The van der Waals surface area contributed by atoms with Gasteiger partial charge in [0.1, 0.15) is 5.82 Å². The van der Waals surface area contributed by atoms with E-state index in [4.69, 9.17) is 11.2 Å². The summed E-state index contributed by atoms with van der Waals surface area (Å²) in [4.78, 5) is 27.1. The number of halogens is 1. The van der Waals surface area contributed by atoms with Crippen LogP contribution in [0.5, 0.6) is 0 Å². The van der Waals surface area contributed by atoms with Crippen LogP contribution in [0.4, 0.5) is 4.39 Å². The average molecular weight is 377 g/mol. The second kappa shape index (κ2) is 4.65. The van der Waals surface area contributed by atoms with Crippen molar-refractivity contribution in [3.8, 4) is 6.07 Å². The molecule has 5 nitrogen and oxygen atoms in total. The van der Waals surface area contributed by atoms with Gasteiger partial charge in [-0.15, -0.1) is 0 Å². The van der Waals surface area contributed by atoms with Crippen LogP contribution in [0, 0.1) is 22.6 Å². The predicted molar refractivity (Wildman–Crippen MR) is 93.0 cm³/mol. The van der Waals surface area contributed by atoms with E-state index in [1.54, 1.807) is 37.9 Å². The maximum Gasteiger partial charge on any atom is 0.261 e. The molecule has 3 saturated heterocycles. The number of carbonyl (C=O) groups is 2. The van der Waals surface area contributed by atoms with Gasteiger partial charge in [-0.1, -0.05) is 21.6 Å². The van der Waals surface area contributed by atoms with Crippen molar-refractivity contribution in [2.45, 2.75) is 36.1 Å². The van der Waals surface area contributed by atoms with Gasteiger partial charge in [-0.2, -0.15) is 5.26 Å². The monoisotopic (exact) mass is 377 g/mol. The summed E-state index contributed by atoms with van der Waals surface area (Å²) in [6.45, 7) is 3.46. The minimum Gasteiger partial charge on any atom is -0.320 e. The van der Waals surface area contributed by atoms with Crippen LogP contribution in [0.3, 0.4) is 0 Å². The van der Waals surface area contributed by atoms with Crippen LogP contribution in [0.2, 0.25) is 0 Å². The standard InChI is InChI=1S/C17H16FN3O2S2/c1-15(9-19)8-17-14(23)20(3)16(2,25(17)24)13(22)21(17)12(15)10-4-6-11(18)7-5-10/h4-7,12H,8H2,1-3H3/t12-,15+,16-,17-,25?/m0/s1. The zero-order valence-corrected chi connectivity index (χ0v) is 15.6. The fraction of sp³-hybridized carbons (Fsp3) is 0.471. The lowest BCUT2D eigenvalue weighted by molar-refractivity contribution is -0.159. The summed E-state index contributed by atoms with van der Waals surface area (Å²) in [6.07, 6.45) is 0.204. The molecule has 1 aromatic carbocycles. The van der Waals surface area contributed by atoms with Crippen molar-refractivity contribution < 1.29 is 14.0 Å². The molecule has 3 heterocycles. The van der Waals surface area contributed by atoms with Gasteiger partial charge in [-0.25, -0.2) is 4.39 Å². The zero-order valence-electron chi connectivity index (χ0n) is 13.9. The lowest BCUT2D eigenvalue weighted by atomic mass is 9.79. The number of nitriles is 1. The molecule has 4 rings (SSSR count). The zero-order chi connectivity index (χ0) is 18.4. The van der Waals surface area contributed by atoms with E-state index in [9.17, 15) is 19.2 Å². The smallest absolute Gasteiger partial charge is 0.261 e. The van der Waals surface area contributed by atoms with Gasteiger partial charge in [0.2, 0.25) is 0 Å². The number of nitrogens with zero attached hydrogens (tertiary/aromatic N) is 3. The Hall–Kier alpha value is -1.85. The molecule has 2 bridgehead atoms. The summed E-state index contributed by atoms with van der Waals surface area (Å²) in [5, 5.41) is 9.86. The maximum atomic E-state index is 13.4. The van der Waals surface area contributed by atoms with E-state index in [0.717, 1.165) is 0 Å². The highest BCUT2D eigenvalue weighted by Crippen LogP contribution is 2.64. The van der Waals surface area contributed by atoms with E-state index >= 15 is 0 Å². The number of likely N-dealkylation sites (N-methyl/N-ethyl adjacent to an activating group) is 1. The molecule has 0 aliphatic carbocycles. The van der Waals surface area contributed by atoms with Gasteiger partial charge in [0, 0.05) is 13.5 Å². The van der Waals surface area contributed by atoms with Gasteiger partial charge in [0.15, 0.2) is 9.74 Å². The predicted octanol–water partition coefficient (Wildman–Crippen LogP) is 1.61. The third-order valence-electron chi connectivity index (χ3n) is 5.86. The molecule has 0 radical (unpaired) electrons. The molecule has 25 heavy (non-hydrogen) atoms. The van der Waals surface area contributed by atoms with Gasteiger partial charge < -0.3 is 9.80 Å². The van der Waals surface area contributed by atoms with E-state index < -0.39 is 36.5 Å². The molecule has 1 unspecified atom stereocenters. The Bertz CT molecular complexity index is 898. The Kier molecular flexibility index (Phi) is 3.09. The van der Waals surface area contributed by atoms with Gasteiger partial charge in [0.05, 0.1) is 17.5 Å². The molecule has 8 heteroatoms. The maximum absolute atomic E-state index is 13.4. The minimum absolute atomic E-state index is 0.195. The molecular weight excluding hydrogens is 361 g/mol. The largest absolute Gasteiger partial charge is 0.320 e. The van der Waals surface area contributed by atoms with E-state index in [0.29, 0.717) is 5.56 Å². The Balaban J connectivity index is 1.97. The fourth-order valence-corrected chi connectivity index (χ4v) is 8.01. The number of rotatable bonds is 1. The number of hydrogen-bond acceptors (Lipinski definition) is 4. The highest BCUT2D eigenvalue weighted by atomic mass is 32.8. The molecule has 130 valence electrons. The number of hydrogen-bond donors (Lipinski definition) is 0. The Labute approximate surface area is 152 Å². The number of carbonyl (C=O) groups excluding carboxylic acids is 2. The SMILES string of the molecule is CN1C(=O)[C@@]23C[C@](C)(C#N)[C@H](c4ccc(F)cc4)N2C(=O)[C@]1(C)S3=S. The first-order chi connectivity index (χ1) is 11.6. The van der Waals surface area contributed by atoms with Crippen molar-refractivity contribution in [2.24, 2.45) is 5.41 Å². The van der Waals surface area contributed by atoms with Crippen molar-refractivity contribution in [1.82, 2.24) is 9.80 Å². The summed E-state index contributed by atoms with van der Waals surface area (Å²) < 4.78 is 13.4. The Morgan fingerprint density at radius 3 is 2.44 bits per heavy atom. The third kappa shape index (κ3) is 1.59. The fourth-order valence-electron chi connectivity index (χ4n) is 4.49. The van der Waals surface area contributed by atoms with E-state index in [1.807, 2.05) is 0 Å². The minimum atomic E-state index is -1.15. The number of piperazine rings is 1. The topological polar surface area (TPSA) is 64.4 Å². The number of amides is 2. The molecule has 0 aromatic heterocycles. The van der Waals surface area contributed by atoms with Crippen LogP contribution in [0.25, 0.3) is 0 Å². The molecule has 0 N–H and O–H groups in total. The molecular formula is C17H16FN3O2S2. The van der Waals surface area contributed by atoms with E-state index in [1.165, 1.54) is 17.0 Å². The lowest BCUT2D eigenvalue weighted by Gasteiger charge is -2.39. The van der Waals surface area contributed by atoms with Crippen LogP contribution in [0.15, 0.2) is 24.3 Å². The average Bonchev–Trinajstić information content (AvgIpc) is 3.02. The van der Waals surface area contributed by atoms with Crippen molar-refractivity contribution in [3.05, 3.63) is 35.6 Å². The molecule has 2 amide bonds. The summed E-state index contributed by atoms with van der Waals surface area (Å²) in [5.41, 5.74) is -0.325. The summed E-state index contributed by atoms with van der Waals surface area (Å²) in [5.74, 6) is -0.810. The molecule has 5 atom stereocenters. The number of fused-ring (bicyclic) bond motifs is 1. The van der Waals surface area contributed by atoms with Gasteiger partial charge in [-0.3, -0.25) is 9.59 Å². The first-order valence-corrected chi connectivity index (χ1v) is 10.0. The molecule has 3 aliphatic heterocycles. The van der Waals surface area contributed by atoms with Gasteiger partial charge >= 0.3 is 0 Å². The molecule has 3 aliphatic rings. The summed E-state index contributed by atoms with van der Waals surface area (Å²) in [6, 6.07) is 7.44. The van der Waals surface area contributed by atoms with Crippen molar-refractivity contribution >= 4 is 32.5 Å². The van der Waals surface area contributed by atoms with Gasteiger partial charge in [-0.05, 0) is 42.7 Å². The van der Waals surface area contributed by atoms with Crippen molar-refractivity contribution in [2.75, 3.05) is 7.05 Å². The van der Waals surface area contributed by atoms with Gasteiger partial charge in [0.25, 0.3) is 11.8 Å². The van der Waals surface area contributed by atoms with E-state index in [2.05, 4.69) is 6.07 Å². The molecule has 1 spiro atoms. The van der Waals surface area contributed by atoms with E-state index in [-0.39, 0.29) is 18.2 Å². The Morgan fingerprint density at radius 1 is 1.28 bits per heavy atom. The summed E-state index contributed by atoms with van der Waals surface area (Å²) >= 11 is 5.69. The normalized spacial score (nSPS) is 42.0. The first-order valence-electron chi connectivity index (χ1n) is 7.85. The quantitative estimate of drug-likeness (QED) is 0.746. The van der Waals surface area contributed by atoms with Crippen LogP contribution in [-0.4, -0.2) is 38.4 Å². The Morgan fingerprint density at radius 2 is 1.88 bits per heavy atom. The highest BCUT2D eigenvalue weighted by Gasteiger charge is 2.80. The highest BCUT2D eigenvalue weighted by molar-refractivity contribution is 8.31. The van der Waals surface area contributed by atoms with Crippen molar-refractivity contribution in [3.63, 3.8) is 0 Å². The first kappa shape index (κ1) is 16.6.